The van der Waals surface area contributed by atoms with Gasteiger partial charge in [-0.3, -0.25) is 0 Å². The SMILES string of the molecule is CCCCCCCCCC(O)C1COC(C)C1. The molecule has 0 aliphatic carbocycles. The smallest absolute Gasteiger partial charge is 0.0591 e. The molecular formula is C15H30O2. The predicted molar refractivity (Wildman–Crippen MR) is 72.1 cm³/mol. The topological polar surface area (TPSA) is 29.5 Å². The van der Waals surface area contributed by atoms with Crippen molar-refractivity contribution in [2.45, 2.75) is 83.8 Å². The van der Waals surface area contributed by atoms with Crippen molar-refractivity contribution < 1.29 is 9.84 Å². The van der Waals surface area contributed by atoms with Crippen LogP contribution in [0.15, 0.2) is 0 Å². The van der Waals surface area contributed by atoms with Crippen LogP contribution in [0.5, 0.6) is 0 Å². The van der Waals surface area contributed by atoms with Crippen LogP contribution in [0.1, 0.15) is 71.6 Å². The molecule has 17 heavy (non-hydrogen) atoms. The molecule has 1 aliphatic heterocycles. The Hall–Kier alpha value is -0.0800. The highest BCUT2D eigenvalue weighted by Gasteiger charge is 2.27. The van der Waals surface area contributed by atoms with Gasteiger partial charge in [0.05, 0.1) is 18.8 Å². The molecule has 102 valence electrons. The van der Waals surface area contributed by atoms with E-state index in [0.29, 0.717) is 12.0 Å². The second kappa shape index (κ2) is 8.93. The summed E-state index contributed by atoms with van der Waals surface area (Å²) in [5.74, 6) is 0.394. The average Bonchev–Trinajstić information content (AvgIpc) is 2.74. The largest absolute Gasteiger partial charge is 0.393 e. The van der Waals surface area contributed by atoms with Gasteiger partial charge in [-0.05, 0) is 19.8 Å². The summed E-state index contributed by atoms with van der Waals surface area (Å²) in [5, 5.41) is 10.0. The second-order valence-corrected chi connectivity index (χ2v) is 5.62. The lowest BCUT2D eigenvalue weighted by Gasteiger charge is -2.16. The summed E-state index contributed by atoms with van der Waals surface area (Å²) in [6.45, 7) is 5.11. The quantitative estimate of drug-likeness (QED) is 0.621. The minimum atomic E-state index is -0.129. The van der Waals surface area contributed by atoms with Gasteiger partial charge in [-0.1, -0.05) is 51.9 Å². The standard InChI is InChI=1S/C15H30O2/c1-3-4-5-6-7-8-9-10-15(16)14-11-13(2)17-12-14/h13-16H,3-12H2,1-2H3. The Morgan fingerprint density at radius 1 is 1.12 bits per heavy atom. The number of ether oxygens (including phenoxy) is 1. The molecule has 0 saturated carbocycles. The van der Waals surface area contributed by atoms with Crippen molar-refractivity contribution >= 4 is 0 Å². The first-order chi connectivity index (χ1) is 8.24. The molecule has 3 unspecified atom stereocenters. The summed E-state index contributed by atoms with van der Waals surface area (Å²) in [6, 6.07) is 0. The molecule has 0 aromatic rings. The summed E-state index contributed by atoms with van der Waals surface area (Å²) < 4.78 is 5.50. The van der Waals surface area contributed by atoms with Crippen LogP contribution in [-0.4, -0.2) is 23.9 Å². The Morgan fingerprint density at radius 3 is 2.35 bits per heavy atom. The van der Waals surface area contributed by atoms with Gasteiger partial charge in [0.2, 0.25) is 0 Å². The lowest BCUT2D eigenvalue weighted by molar-refractivity contribution is 0.0739. The Balaban J connectivity index is 1.91. The maximum absolute atomic E-state index is 10.0. The molecule has 1 fully saturated rings. The average molecular weight is 242 g/mol. The summed E-state index contributed by atoms with van der Waals surface area (Å²) in [6.07, 6.45) is 11.5. The van der Waals surface area contributed by atoms with E-state index in [1.165, 1.54) is 44.9 Å². The van der Waals surface area contributed by atoms with E-state index < -0.39 is 0 Å². The highest BCUT2D eigenvalue weighted by atomic mass is 16.5. The Labute approximate surface area is 107 Å². The van der Waals surface area contributed by atoms with E-state index in [2.05, 4.69) is 13.8 Å². The van der Waals surface area contributed by atoms with E-state index >= 15 is 0 Å². The van der Waals surface area contributed by atoms with E-state index in [0.717, 1.165) is 19.4 Å². The molecule has 2 heteroatoms. The molecule has 1 N–H and O–H groups in total. The predicted octanol–water partition coefficient (Wildman–Crippen LogP) is 3.91. The Kier molecular flexibility index (Phi) is 7.87. The normalized spacial score (nSPS) is 26.3. The van der Waals surface area contributed by atoms with Crippen molar-refractivity contribution in [2.75, 3.05) is 6.61 Å². The van der Waals surface area contributed by atoms with E-state index in [9.17, 15) is 5.11 Å². The first-order valence-electron chi connectivity index (χ1n) is 7.53. The molecule has 0 radical (unpaired) electrons. The van der Waals surface area contributed by atoms with Crippen molar-refractivity contribution in [1.82, 2.24) is 0 Å². The van der Waals surface area contributed by atoms with Crippen LogP contribution in [0.3, 0.4) is 0 Å². The van der Waals surface area contributed by atoms with Gasteiger partial charge in [0, 0.05) is 5.92 Å². The second-order valence-electron chi connectivity index (χ2n) is 5.62. The van der Waals surface area contributed by atoms with Crippen molar-refractivity contribution in [3.63, 3.8) is 0 Å². The minimum absolute atomic E-state index is 0.129. The van der Waals surface area contributed by atoms with E-state index in [4.69, 9.17) is 4.74 Å². The van der Waals surface area contributed by atoms with E-state index in [-0.39, 0.29) is 6.10 Å². The Bertz CT molecular complexity index is 182. The molecule has 0 amide bonds. The molecule has 0 bridgehead atoms. The van der Waals surface area contributed by atoms with Crippen LogP contribution in [0.25, 0.3) is 0 Å². The van der Waals surface area contributed by atoms with Crippen molar-refractivity contribution in [2.24, 2.45) is 5.92 Å². The van der Waals surface area contributed by atoms with Crippen molar-refractivity contribution in [1.29, 1.82) is 0 Å². The van der Waals surface area contributed by atoms with Gasteiger partial charge in [0.25, 0.3) is 0 Å². The molecular weight excluding hydrogens is 212 g/mol. The van der Waals surface area contributed by atoms with E-state index in [1.54, 1.807) is 0 Å². The number of hydrogen-bond donors (Lipinski definition) is 1. The summed E-state index contributed by atoms with van der Waals surface area (Å²) in [5.41, 5.74) is 0. The fraction of sp³-hybridized carbons (Fsp3) is 1.00. The van der Waals surface area contributed by atoms with Gasteiger partial charge >= 0.3 is 0 Å². The molecule has 1 heterocycles. The van der Waals surface area contributed by atoms with E-state index in [1.807, 2.05) is 0 Å². The maximum atomic E-state index is 10.0. The summed E-state index contributed by atoms with van der Waals surface area (Å²) >= 11 is 0. The fourth-order valence-corrected chi connectivity index (χ4v) is 2.66. The third-order valence-corrected chi connectivity index (χ3v) is 3.88. The molecule has 1 aliphatic rings. The third-order valence-electron chi connectivity index (χ3n) is 3.88. The summed E-state index contributed by atoms with van der Waals surface area (Å²) in [7, 11) is 0. The number of aliphatic hydroxyl groups excluding tert-OH is 1. The van der Waals surface area contributed by atoms with Crippen LogP contribution in [-0.2, 0) is 4.74 Å². The van der Waals surface area contributed by atoms with Crippen molar-refractivity contribution in [3.8, 4) is 0 Å². The first-order valence-corrected chi connectivity index (χ1v) is 7.53. The monoisotopic (exact) mass is 242 g/mol. The van der Waals surface area contributed by atoms with Crippen LogP contribution < -0.4 is 0 Å². The van der Waals surface area contributed by atoms with Crippen LogP contribution in [0.2, 0.25) is 0 Å². The summed E-state index contributed by atoms with van der Waals surface area (Å²) in [4.78, 5) is 0. The highest BCUT2D eigenvalue weighted by Crippen LogP contribution is 2.25. The molecule has 0 aromatic carbocycles. The molecule has 2 nitrogen and oxygen atoms in total. The van der Waals surface area contributed by atoms with Gasteiger partial charge < -0.3 is 9.84 Å². The number of hydrogen-bond acceptors (Lipinski definition) is 2. The number of aliphatic hydroxyl groups is 1. The van der Waals surface area contributed by atoms with Crippen LogP contribution in [0.4, 0.5) is 0 Å². The lowest BCUT2D eigenvalue weighted by Crippen LogP contribution is -2.20. The van der Waals surface area contributed by atoms with Gasteiger partial charge in [-0.2, -0.15) is 0 Å². The molecule has 3 atom stereocenters. The molecule has 0 aromatic heterocycles. The lowest BCUT2D eigenvalue weighted by atomic mass is 9.95. The van der Waals surface area contributed by atoms with Gasteiger partial charge in [0.1, 0.15) is 0 Å². The zero-order valence-electron chi connectivity index (χ0n) is 11.7. The zero-order chi connectivity index (χ0) is 12.5. The van der Waals surface area contributed by atoms with Crippen LogP contribution in [0, 0.1) is 5.92 Å². The van der Waals surface area contributed by atoms with Crippen LogP contribution >= 0.6 is 0 Å². The Morgan fingerprint density at radius 2 is 1.76 bits per heavy atom. The number of rotatable bonds is 9. The maximum Gasteiger partial charge on any atom is 0.0591 e. The third kappa shape index (κ3) is 6.42. The number of unbranched alkanes of at least 4 members (excludes halogenated alkanes) is 6. The van der Waals surface area contributed by atoms with Crippen molar-refractivity contribution in [3.05, 3.63) is 0 Å². The minimum Gasteiger partial charge on any atom is -0.393 e. The van der Waals surface area contributed by atoms with Gasteiger partial charge in [0.15, 0.2) is 0 Å². The fourth-order valence-electron chi connectivity index (χ4n) is 2.66. The highest BCUT2D eigenvalue weighted by molar-refractivity contribution is 4.76. The zero-order valence-corrected chi connectivity index (χ0v) is 11.7. The first kappa shape index (κ1) is 15.0. The molecule has 0 spiro atoms. The molecule has 1 saturated heterocycles. The van der Waals surface area contributed by atoms with Gasteiger partial charge in [-0.25, -0.2) is 0 Å². The van der Waals surface area contributed by atoms with Gasteiger partial charge in [-0.15, -0.1) is 0 Å². The molecule has 1 rings (SSSR count).